The Morgan fingerprint density at radius 2 is 2.39 bits per heavy atom. The molecule has 2 atom stereocenters. The van der Waals surface area contributed by atoms with Crippen molar-refractivity contribution in [2.45, 2.75) is 57.2 Å². The highest BCUT2D eigenvalue weighted by Gasteiger charge is 2.15. The molecule has 1 aromatic rings. The van der Waals surface area contributed by atoms with Crippen LogP contribution in [0.25, 0.3) is 0 Å². The summed E-state index contributed by atoms with van der Waals surface area (Å²) in [6, 6.07) is 4.01. The number of hydrogen-bond acceptors (Lipinski definition) is 3. The van der Waals surface area contributed by atoms with Gasteiger partial charge in [0.15, 0.2) is 0 Å². The summed E-state index contributed by atoms with van der Waals surface area (Å²) in [7, 11) is 0. The molecular weight excluding hydrogens is 226 g/mol. The van der Waals surface area contributed by atoms with E-state index < -0.39 is 0 Å². The van der Waals surface area contributed by atoms with E-state index in [0.717, 1.165) is 38.7 Å². The van der Waals surface area contributed by atoms with Crippen molar-refractivity contribution < 1.29 is 9.84 Å². The molecule has 2 heterocycles. The van der Waals surface area contributed by atoms with Crippen molar-refractivity contribution in [3.05, 3.63) is 30.1 Å². The first-order valence-corrected chi connectivity index (χ1v) is 7.03. The highest BCUT2D eigenvalue weighted by Crippen LogP contribution is 2.19. The molecule has 18 heavy (non-hydrogen) atoms. The normalized spacial score (nSPS) is 21.1. The molecule has 3 heteroatoms. The molecule has 2 unspecified atom stereocenters. The van der Waals surface area contributed by atoms with E-state index in [1.807, 2.05) is 12.3 Å². The predicted octanol–water partition coefficient (Wildman–Crippen LogP) is 2.72. The van der Waals surface area contributed by atoms with E-state index in [0.29, 0.717) is 6.10 Å². The van der Waals surface area contributed by atoms with Crippen LogP contribution >= 0.6 is 0 Å². The zero-order chi connectivity index (χ0) is 12.6. The van der Waals surface area contributed by atoms with Gasteiger partial charge in [-0.2, -0.15) is 0 Å². The molecule has 0 aliphatic carbocycles. The average molecular weight is 249 g/mol. The molecule has 2 rings (SSSR count). The van der Waals surface area contributed by atoms with Crippen LogP contribution in [-0.2, 0) is 11.2 Å². The first kappa shape index (κ1) is 13.5. The van der Waals surface area contributed by atoms with Crippen LogP contribution in [0, 0.1) is 0 Å². The Hall–Kier alpha value is -0.930. The van der Waals surface area contributed by atoms with Gasteiger partial charge < -0.3 is 9.84 Å². The van der Waals surface area contributed by atoms with Crippen molar-refractivity contribution in [2.24, 2.45) is 0 Å². The molecule has 1 aliphatic rings. The lowest BCUT2D eigenvalue weighted by atomic mass is 10.0. The molecule has 0 saturated carbocycles. The van der Waals surface area contributed by atoms with Crippen molar-refractivity contribution >= 4 is 0 Å². The van der Waals surface area contributed by atoms with Gasteiger partial charge in [-0.25, -0.2) is 0 Å². The van der Waals surface area contributed by atoms with Gasteiger partial charge in [0.05, 0.1) is 12.2 Å². The topological polar surface area (TPSA) is 42.4 Å². The van der Waals surface area contributed by atoms with Gasteiger partial charge in [-0.05, 0) is 56.6 Å². The summed E-state index contributed by atoms with van der Waals surface area (Å²) >= 11 is 0. The minimum atomic E-state index is -0.188. The zero-order valence-corrected chi connectivity index (χ0v) is 10.9. The van der Waals surface area contributed by atoms with Gasteiger partial charge in [-0.3, -0.25) is 4.98 Å². The van der Waals surface area contributed by atoms with E-state index in [-0.39, 0.29) is 6.10 Å². The fraction of sp³-hybridized carbons (Fsp3) is 0.667. The summed E-state index contributed by atoms with van der Waals surface area (Å²) in [4.78, 5) is 4.08. The van der Waals surface area contributed by atoms with Crippen molar-refractivity contribution in [3.63, 3.8) is 0 Å². The third-order valence-electron chi connectivity index (χ3n) is 3.58. The van der Waals surface area contributed by atoms with Crippen molar-refractivity contribution in [2.75, 3.05) is 6.61 Å². The second kappa shape index (κ2) is 7.49. The van der Waals surface area contributed by atoms with E-state index >= 15 is 0 Å². The molecule has 1 aromatic heterocycles. The molecule has 1 saturated heterocycles. The Balaban J connectivity index is 1.56. The fourth-order valence-corrected chi connectivity index (χ4v) is 2.48. The Bertz CT molecular complexity index is 323. The highest BCUT2D eigenvalue weighted by molar-refractivity contribution is 5.08. The van der Waals surface area contributed by atoms with Crippen molar-refractivity contribution in [3.8, 4) is 0 Å². The lowest BCUT2D eigenvalue weighted by Crippen LogP contribution is -2.10. The van der Waals surface area contributed by atoms with Gasteiger partial charge in [0.2, 0.25) is 0 Å². The summed E-state index contributed by atoms with van der Waals surface area (Å²) in [6.45, 7) is 0.925. The minimum absolute atomic E-state index is 0.188. The average Bonchev–Trinajstić information content (AvgIpc) is 2.91. The summed E-state index contributed by atoms with van der Waals surface area (Å²) in [5, 5.41) is 9.92. The largest absolute Gasteiger partial charge is 0.393 e. The number of aryl methyl sites for hydroxylation is 1. The first-order valence-electron chi connectivity index (χ1n) is 7.03. The molecule has 1 fully saturated rings. The standard InChI is InChI=1S/C15H23NO2/c17-14(5-1-6-15-7-3-11-18-15)9-8-13-4-2-10-16-12-13/h2,4,10,12,14-15,17H,1,3,5-9,11H2. The van der Waals surface area contributed by atoms with Crippen LogP contribution in [0.3, 0.4) is 0 Å². The van der Waals surface area contributed by atoms with Gasteiger partial charge in [0, 0.05) is 19.0 Å². The van der Waals surface area contributed by atoms with Gasteiger partial charge in [-0.15, -0.1) is 0 Å². The Morgan fingerprint density at radius 3 is 3.11 bits per heavy atom. The van der Waals surface area contributed by atoms with Gasteiger partial charge in [0.1, 0.15) is 0 Å². The number of ether oxygens (including phenoxy) is 1. The maximum Gasteiger partial charge on any atom is 0.0576 e. The lowest BCUT2D eigenvalue weighted by molar-refractivity contribution is 0.0933. The second-order valence-corrected chi connectivity index (χ2v) is 5.12. The quantitative estimate of drug-likeness (QED) is 0.808. The molecular formula is C15H23NO2. The Kier molecular flexibility index (Phi) is 5.62. The number of aliphatic hydroxyl groups excluding tert-OH is 1. The van der Waals surface area contributed by atoms with E-state index in [1.165, 1.54) is 18.4 Å². The summed E-state index contributed by atoms with van der Waals surface area (Å²) in [5.74, 6) is 0. The van der Waals surface area contributed by atoms with Crippen LogP contribution in [0.5, 0.6) is 0 Å². The van der Waals surface area contributed by atoms with E-state index in [4.69, 9.17) is 4.74 Å². The number of aromatic nitrogens is 1. The van der Waals surface area contributed by atoms with Crippen LogP contribution in [0.2, 0.25) is 0 Å². The van der Waals surface area contributed by atoms with Crippen LogP contribution in [0.15, 0.2) is 24.5 Å². The van der Waals surface area contributed by atoms with Gasteiger partial charge in [-0.1, -0.05) is 6.07 Å². The zero-order valence-electron chi connectivity index (χ0n) is 10.9. The maximum absolute atomic E-state index is 9.92. The summed E-state index contributed by atoms with van der Waals surface area (Å²) < 4.78 is 5.57. The minimum Gasteiger partial charge on any atom is -0.393 e. The lowest BCUT2D eigenvalue weighted by Gasteiger charge is -2.12. The monoisotopic (exact) mass is 249 g/mol. The van der Waals surface area contributed by atoms with E-state index in [9.17, 15) is 5.11 Å². The van der Waals surface area contributed by atoms with E-state index in [1.54, 1.807) is 6.20 Å². The van der Waals surface area contributed by atoms with Gasteiger partial charge >= 0.3 is 0 Å². The van der Waals surface area contributed by atoms with Crippen LogP contribution < -0.4 is 0 Å². The SMILES string of the molecule is OC(CCCC1CCCO1)CCc1cccnc1. The molecule has 0 amide bonds. The molecule has 100 valence electrons. The predicted molar refractivity (Wildman–Crippen MR) is 71.4 cm³/mol. The van der Waals surface area contributed by atoms with E-state index in [2.05, 4.69) is 11.1 Å². The van der Waals surface area contributed by atoms with Gasteiger partial charge in [0.25, 0.3) is 0 Å². The second-order valence-electron chi connectivity index (χ2n) is 5.12. The molecule has 0 radical (unpaired) electrons. The number of rotatable bonds is 7. The smallest absolute Gasteiger partial charge is 0.0576 e. The summed E-state index contributed by atoms with van der Waals surface area (Å²) in [5.41, 5.74) is 1.20. The van der Waals surface area contributed by atoms with Crippen LogP contribution in [-0.4, -0.2) is 28.9 Å². The van der Waals surface area contributed by atoms with Crippen LogP contribution in [0.1, 0.15) is 44.1 Å². The Labute approximate surface area is 109 Å². The molecule has 0 aromatic carbocycles. The Morgan fingerprint density at radius 1 is 1.44 bits per heavy atom. The fourth-order valence-electron chi connectivity index (χ4n) is 2.48. The number of aliphatic hydroxyl groups is 1. The van der Waals surface area contributed by atoms with Crippen LogP contribution in [0.4, 0.5) is 0 Å². The highest BCUT2D eigenvalue weighted by atomic mass is 16.5. The number of nitrogens with zero attached hydrogens (tertiary/aromatic N) is 1. The first-order chi connectivity index (χ1) is 8.84. The van der Waals surface area contributed by atoms with Crippen molar-refractivity contribution in [1.29, 1.82) is 0 Å². The molecule has 1 N–H and O–H groups in total. The molecule has 1 aliphatic heterocycles. The third-order valence-corrected chi connectivity index (χ3v) is 3.58. The van der Waals surface area contributed by atoms with Crippen molar-refractivity contribution in [1.82, 2.24) is 4.98 Å². The maximum atomic E-state index is 9.92. The summed E-state index contributed by atoms with van der Waals surface area (Å²) in [6.07, 6.45) is 11.1. The number of pyridine rings is 1. The molecule has 0 spiro atoms. The number of hydrogen-bond donors (Lipinski definition) is 1. The third kappa shape index (κ3) is 4.75. The molecule has 3 nitrogen and oxygen atoms in total. The molecule has 0 bridgehead atoms.